The highest BCUT2D eigenvalue weighted by Gasteiger charge is 2.26. The third-order valence-corrected chi connectivity index (χ3v) is 6.38. The average Bonchev–Trinajstić information content (AvgIpc) is 3.42. The van der Waals surface area contributed by atoms with E-state index in [2.05, 4.69) is 30.1 Å². The first-order valence-electron chi connectivity index (χ1n) is 10.7. The van der Waals surface area contributed by atoms with Crippen molar-refractivity contribution < 1.29 is 14.3 Å². The molecule has 0 saturated carbocycles. The Labute approximate surface area is 192 Å². The number of aromatic nitrogens is 3. The molecule has 0 aliphatic carbocycles. The molecule has 1 amide bonds. The first kappa shape index (κ1) is 22.2. The lowest BCUT2D eigenvalue weighted by Gasteiger charge is -2.20. The number of carbonyl (C=O) groups excluding carboxylic acids is 1. The van der Waals surface area contributed by atoms with Gasteiger partial charge in [-0.25, -0.2) is 0 Å². The van der Waals surface area contributed by atoms with Crippen LogP contribution in [0.15, 0.2) is 53.7 Å². The normalized spacial score (nSPS) is 13.8. The maximum Gasteiger partial charge on any atom is 0.237 e. The van der Waals surface area contributed by atoms with E-state index < -0.39 is 0 Å². The van der Waals surface area contributed by atoms with E-state index in [9.17, 15) is 4.79 Å². The number of nitrogens with zero attached hydrogens (tertiary/aromatic N) is 4. The van der Waals surface area contributed by atoms with Gasteiger partial charge in [-0.15, -0.1) is 10.2 Å². The fourth-order valence-corrected chi connectivity index (χ4v) is 4.86. The van der Waals surface area contributed by atoms with Gasteiger partial charge in [0.1, 0.15) is 0 Å². The molecule has 1 aliphatic heterocycles. The molecule has 0 fully saturated rings. The summed E-state index contributed by atoms with van der Waals surface area (Å²) < 4.78 is 13.6. The number of carbonyl (C=O) groups is 1. The number of methoxy groups -OCH3 is 1. The van der Waals surface area contributed by atoms with Crippen LogP contribution in [0.2, 0.25) is 0 Å². The molecule has 168 valence electrons. The van der Waals surface area contributed by atoms with Crippen molar-refractivity contribution in [2.75, 3.05) is 24.3 Å². The van der Waals surface area contributed by atoms with E-state index in [-0.39, 0.29) is 18.1 Å². The van der Waals surface area contributed by atoms with E-state index >= 15 is 0 Å². The minimum Gasteiger partial charge on any atom is -0.493 e. The van der Waals surface area contributed by atoms with E-state index in [0.29, 0.717) is 28.2 Å². The smallest absolute Gasteiger partial charge is 0.237 e. The summed E-state index contributed by atoms with van der Waals surface area (Å²) in [4.78, 5) is 14.8. The first-order valence-corrected chi connectivity index (χ1v) is 11.7. The number of rotatable bonds is 8. The van der Waals surface area contributed by atoms with Gasteiger partial charge in [0.15, 0.2) is 28.6 Å². The second-order valence-corrected chi connectivity index (χ2v) is 8.87. The van der Waals surface area contributed by atoms with Crippen molar-refractivity contribution >= 4 is 23.4 Å². The van der Waals surface area contributed by atoms with Crippen LogP contribution in [0.4, 0.5) is 5.69 Å². The van der Waals surface area contributed by atoms with Gasteiger partial charge >= 0.3 is 0 Å². The summed E-state index contributed by atoms with van der Waals surface area (Å²) in [6.45, 7) is 6.82. The molecule has 32 heavy (non-hydrogen) atoms. The van der Waals surface area contributed by atoms with Crippen molar-refractivity contribution in [1.29, 1.82) is 0 Å². The zero-order chi connectivity index (χ0) is 22.7. The van der Waals surface area contributed by atoms with Gasteiger partial charge in [0.05, 0.1) is 12.9 Å². The molecular weight excluding hydrogens is 424 g/mol. The van der Waals surface area contributed by atoms with Gasteiger partial charge in [-0.05, 0) is 51.0 Å². The Kier molecular flexibility index (Phi) is 6.69. The molecule has 7 nitrogen and oxygen atoms in total. The topological polar surface area (TPSA) is 69.5 Å². The van der Waals surface area contributed by atoms with Crippen molar-refractivity contribution in [2.24, 2.45) is 0 Å². The standard InChI is InChI=1S/C24H28N4O3S/c1-16(2)28-23(17(3)31-21-12-8-7-11-20(21)30-4)25-26-24(28)32-15-22(29)27-14-13-18-9-5-6-10-19(18)27/h5-12,16-17H,13-15H2,1-4H3. The molecular formula is C24H28N4O3S. The van der Waals surface area contributed by atoms with Crippen LogP contribution >= 0.6 is 11.8 Å². The van der Waals surface area contributed by atoms with E-state index in [1.54, 1.807) is 7.11 Å². The zero-order valence-corrected chi connectivity index (χ0v) is 19.6. The molecule has 0 bridgehead atoms. The Morgan fingerprint density at radius 2 is 1.78 bits per heavy atom. The third-order valence-electron chi connectivity index (χ3n) is 5.46. The highest BCUT2D eigenvalue weighted by molar-refractivity contribution is 7.99. The molecule has 3 aromatic rings. The number of amides is 1. The Hall–Kier alpha value is -3.00. The molecule has 2 aromatic carbocycles. The Bertz CT molecular complexity index is 1100. The SMILES string of the molecule is COc1ccccc1OC(C)c1nnc(SCC(=O)N2CCc3ccccc32)n1C(C)C. The van der Waals surface area contributed by atoms with Crippen LogP contribution in [-0.4, -0.2) is 40.1 Å². The van der Waals surface area contributed by atoms with Gasteiger partial charge in [-0.3, -0.25) is 4.79 Å². The number of benzene rings is 2. The van der Waals surface area contributed by atoms with Crippen LogP contribution < -0.4 is 14.4 Å². The van der Waals surface area contributed by atoms with Crippen LogP contribution in [0.25, 0.3) is 0 Å². The molecule has 1 aliphatic rings. The number of thioether (sulfide) groups is 1. The molecule has 1 unspecified atom stereocenters. The van der Waals surface area contributed by atoms with Gasteiger partial charge in [0.2, 0.25) is 5.91 Å². The first-order chi connectivity index (χ1) is 15.5. The van der Waals surface area contributed by atoms with Crippen LogP contribution in [-0.2, 0) is 11.2 Å². The van der Waals surface area contributed by atoms with Crippen molar-refractivity contribution in [3.05, 3.63) is 59.9 Å². The molecule has 4 rings (SSSR count). The molecule has 0 N–H and O–H groups in total. The summed E-state index contributed by atoms with van der Waals surface area (Å²) in [5, 5.41) is 9.50. The summed E-state index contributed by atoms with van der Waals surface area (Å²) >= 11 is 1.42. The number of ether oxygens (including phenoxy) is 2. The fourth-order valence-electron chi connectivity index (χ4n) is 3.91. The van der Waals surface area contributed by atoms with Gasteiger partial charge < -0.3 is 18.9 Å². The zero-order valence-electron chi connectivity index (χ0n) is 18.8. The maximum atomic E-state index is 12.9. The second kappa shape index (κ2) is 9.65. The molecule has 8 heteroatoms. The average molecular weight is 453 g/mol. The van der Waals surface area contributed by atoms with Gasteiger partial charge in [-0.2, -0.15) is 0 Å². The quantitative estimate of drug-likeness (QED) is 0.462. The summed E-state index contributed by atoms with van der Waals surface area (Å²) in [5.41, 5.74) is 2.24. The lowest BCUT2D eigenvalue weighted by molar-refractivity contribution is -0.116. The van der Waals surface area contributed by atoms with Crippen LogP contribution in [0.5, 0.6) is 11.5 Å². The number of hydrogen-bond donors (Lipinski definition) is 0. The number of fused-ring (bicyclic) bond motifs is 1. The van der Waals surface area contributed by atoms with Gasteiger partial charge in [0.25, 0.3) is 0 Å². The summed E-state index contributed by atoms with van der Waals surface area (Å²) in [6, 6.07) is 15.7. The fraction of sp³-hybridized carbons (Fsp3) is 0.375. The number of anilines is 1. The Morgan fingerprint density at radius 3 is 2.53 bits per heavy atom. The van der Waals surface area contributed by atoms with Crippen molar-refractivity contribution in [3.8, 4) is 11.5 Å². The third kappa shape index (κ3) is 4.46. The predicted octanol–water partition coefficient (Wildman–Crippen LogP) is 4.69. The highest BCUT2D eigenvalue weighted by atomic mass is 32.2. The molecule has 0 saturated heterocycles. The molecule has 2 heterocycles. The summed E-state index contributed by atoms with van der Waals surface area (Å²) in [5.74, 6) is 2.42. The molecule has 0 spiro atoms. The van der Waals surface area contributed by atoms with Crippen LogP contribution in [0.3, 0.4) is 0 Å². The monoisotopic (exact) mass is 452 g/mol. The van der Waals surface area contributed by atoms with E-state index in [1.807, 2.05) is 58.9 Å². The van der Waals surface area contributed by atoms with E-state index in [1.165, 1.54) is 17.3 Å². The lowest BCUT2D eigenvalue weighted by Crippen LogP contribution is -2.30. The number of hydrogen-bond acceptors (Lipinski definition) is 6. The summed E-state index contributed by atoms with van der Waals surface area (Å²) in [6.07, 6.45) is 0.563. The lowest BCUT2D eigenvalue weighted by atomic mass is 10.2. The van der Waals surface area contributed by atoms with Crippen LogP contribution in [0, 0.1) is 0 Å². The summed E-state index contributed by atoms with van der Waals surface area (Å²) in [7, 11) is 1.62. The minimum atomic E-state index is -0.336. The predicted molar refractivity (Wildman–Crippen MR) is 126 cm³/mol. The van der Waals surface area contributed by atoms with E-state index in [0.717, 1.165) is 18.7 Å². The molecule has 0 radical (unpaired) electrons. The highest BCUT2D eigenvalue weighted by Crippen LogP contribution is 2.33. The molecule has 1 aromatic heterocycles. The van der Waals surface area contributed by atoms with Crippen molar-refractivity contribution in [1.82, 2.24) is 14.8 Å². The Balaban J connectivity index is 1.48. The second-order valence-electron chi connectivity index (χ2n) is 7.93. The number of para-hydroxylation sites is 3. The van der Waals surface area contributed by atoms with Crippen molar-refractivity contribution in [2.45, 2.75) is 44.5 Å². The Morgan fingerprint density at radius 1 is 1.06 bits per heavy atom. The van der Waals surface area contributed by atoms with Crippen LogP contribution in [0.1, 0.15) is 44.3 Å². The minimum absolute atomic E-state index is 0.0816. The van der Waals surface area contributed by atoms with E-state index in [4.69, 9.17) is 9.47 Å². The largest absolute Gasteiger partial charge is 0.493 e. The van der Waals surface area contributed by atoms with Gasteiger partial charge in [-0.1, -0.05) is 42.1 Å². The molecule has 1 atom stereocenters. The van der Waals surface area contributed by atoms with Crippen molar-refractivity contribution in [3.63, 3.8) is 0 Å². The van der Waals surface area contributed by atoms with Gasteiger partial charge in [0, 0.05) is 18.3 Å². The maximum absolute atomic E-state index is 12.9.